The van der Waals surface area contributed by atoms with Crippen LogP contribution in [0.25, 0.3) is 77.2 Å². The summed E-state index contributed by atoms with van der Waals surface area (Å²) in [6.45, 7) is 0. The molecule has 8 aromatic rings. The Labute approximate surface area is 219 Å². The first kappa shape index (κ1) is 20.0. The number of aromatic nitrogens is 2. The van der Waals surface area contributed by atoms with Gasteiger partial charge in [0.25, 0.3) is 0 Å². The summed E-state index contributed by atoms with van der Waals surface area (Å²) in [6.07, 6.45) is 0. The minimum Gasteiger partial charge on any atom is -0.309 e. The molecule has 176 valence electrons. The molecule has 6 aromatic carbocycles. The Kier molecular flexibility index (Phi) is 3.82. The molecule has 0 radical (unpaired) electrons. The van der Waals surface area contributed by atoms with Gasteiger partial charge >= 0.3 is 0 Å². The van der Waals surface area contributed by atoms with Crippen LogP contribution in [0.5, 0.6) is 0 Å². The third-order valence-electron chi connectivity index (χ3n) is 8.25. The van der Waals surface area contributed by atoms with E-state index in [0.29, 0.717) is 0 Å². The van der Waals surface area contributed by atoms with Crippen LogP contribution in [0.2, 0.25) is 0 Å². The van der Waals surface area contributed by atoms with Crippen LogP contribution in [0, 0.1) is 0 Å². The minimum absolute atomic E-state index is 1.18. The molecular weight excluding hydrogens is 460 g/mol. The zero-order valence-corrected chi connectivity index (χ0v) is 20.6. The van der Waals surface area contributed by atoms with Crippen molar-refractivity contribution in [1.29, 1.82) is 0 Å². The number of hydrogen-bond acceptors (Lipinski definition) is 0. The van der Waals surface area contributed by atoms with Crippen LogP contribution in [0.15, 0.2) is 133 Å². The lowest BCUT2D eigenvalue weighted by atomic mass is 9.92. The summed E-state index contributed by atoms with van der Waals surface area (Å²) in [5.41, 5.74) is 12.5. The number of rotatable bonds is 1. The SMILES string of the molecule is c1ccc(-n2c3ccccc3c3cc4c(cc32)-c2cccc3c5ccccc5n(c23)-c2ccccc2-4)cc1. The summed E-state index contributed by atoms with van der Waals surface area (Å²) in [6, 6.07) is 48.8. The van der Waals surface area contributed by atoms with Gasteiger partial charge in [0.15, 0.2) is 0 Å². The Morgan fingerprint density at radius 1 is 0.342 bits per heavy atom. The van der Waals surface area contributed by atoms with Crippen molar-refractivity contribution in [2.75, 3.05) is 0 Å². The van der Waals surface area contributed by atoms with Gasteiger partial charge < -0.3 is 9.13 Å². The van der Waals surface area contributed by atoms with Crippen LogP contribution in [0.4, 0.5) is 0 Å². The van der Waals surface area contributed by atoms with E-state index in [1.54, 1.807) is 0 Å². The molecule has 9 rings (SSSR count). The van der Waals surface area contributed by atoms with Crippen molar-refractivity contribution < 1.29 is 0 Å². The van der Waals surface area contributed by atoms with Crippen molar-refractivity contribution >= 4 is 43.6 Å². The van der Waals surface area contributed by atoms with Crippen molar-refractivity contribution in [3.8, 4) is 33.6 Å². The molecule has 0 saturated heterocycles. The predicted octanol–water partition coefficient (Wildman–Crippen LogP) is 9.53. The maximum atomic E-state index is 2.48. The molecule has 0 amide bonds. The van der Waals surface area contributed by atoms with E-state index in [-0.39, 0.29) is 0 Å². The van der Waals surface area contributed by atoms with Gasteiger partial charge in [0.05, 0.1) is 27.8 Å². The quantitative estimate of drug-likeness (QED) is 0.220. The summed E-state index contributed by atoms with van der Waals surface area (Å²) in [5, 5.41) is 5.15. The van der Waals surface area contributed by atoms with Crippen molar-refractivity contribution in [1.82, 2.24) is 9.13 Å². The molecule has 1 aliphatic rings. The molecule has 3 heterocycles. The normalized spacial score (nSPS) is 12.2. The highest BCUT2D eigenvalue weighted by atomic mass is 15.0. The molecule has 0 fully saturated rings. The molecule has 0 saturated carbocycles. The maximum absolute atomic E-state index is 2.48. The first-order valence-electron chi connectivity index (χ1n) is 13.1. The molecule has 2 heteroatoms. The van der Waals surface area contributed by atoms with Gasteiger partial charge in [-0.1, -0.05) is 91.0 Å². The van der Waals surface area contributed by atoms with Gasteiger partial charge in [0.1, 0.15) is 0 Å². The summed E-state index contributed by atoms with van der Waals surface area (Å²) < 4.78 is 4.89. The predicted molar refractivity (Wildman–Crippen MR) is 160 cm³/mol. The Bertz CT molecular complexity index is 2230. The lowest BCUT2D eigenvalue weighted by molar-refractivity contribution is 1.18. The average molecular weight is 483 g/mol. The maximum Gasteiger partial charge on any atom is 0.0619 e. The van der Waals surface area contributed by atoms with Gasteiger partial charge in [-0.3, -0.25) is 0 Å². The Balaban J connectivity index is 1.53. The van der Waals surface area contributed by atoms with Gasteiger partial charge in [0.2, 0.25) is 0 Å². The molecule has 0 aliphatic carbocycles. The van der Waals surface area contributed by atoms with E-state index in [1.165, 1.54) is 77.2 Å². The Morgan fingerprint density at radius 2 is 0.947 bits per heavy atom. The van der Waals surface area contributed by atoms with Crippen molar-refractivity contribution in [3.05, 3.63) is 133 Å². The molecule has 2 aromatic heterocycles. The second-order valence-corrected chi connectivity index (χ2v) is 10.2. The fraction of sp³-hybridized carbons (Fsp3) is 0. The number of nitrogens with zero attached hydrogens (tertiary/aromatic N) is 2. The first-order chi connectivity index (χ1) is 18.9. The van der Waals surface area contributed by atoms with E-state index in [1.807, 2.05) is 0 Å². The van der Waals surface area contributed by atoms with Gasteiger partial charge in [-0.15, -0.1) is 0 Å². The van der Waals surface area contributed by atoms with Crippen LogP contribution in [0.1, 0.15) is 0 Å². The topological polar surface area (TPSA) is 9.86 Å². The summed E-state index contributed by atoms with van der Waals surface area (Å²) in [5.74, 6) is 0. The summed E-state index contributed by atoms with van der Waals surface area (Å²) in [7, 11) is 0. The lowest BCUT2D eigenvalue weighted by Crippen LogP contribution is -1.95. The van der Waals surface area contributed by atoms with Gasteiger partial charge in [-0.2, -0.15) is 0 Å². The summed E-state index contributed by atoms with van der Waals surface area (Å²) in [4.78, 5) is 0. The number of benzene rings is 6. The van der Waals surface area contributed by atoms with Gasteiger partial charge in [-0.25, -0.2) is 0 Å². The molecule has 1 aliphatic heterocycles. The largest absolute Gasteiger partial charge is 0.309 e. The molecule has 0 unspecified atom stereocenters. The minimum atomic E-state index is 1.18. The molecule has 2 nitrogen and oxygen atoms in total. The number of hydrogen-bond donors (Lipinski definition) is 0. The second-order valence-electron chi connectivity index (χ2n) is 10.2. The smallest absolute Gasteiger partial charge is 0.0619 e. The van der Waals surface area contributed by atoms with Crippen LogP contribution in [0.3, 0.4) is 0 Å². The van der Waals surface area contributed by atoms with Gasteiger partial charge in [0, 0.05) is 38.4 Å². The van der Waals surface area contributed by atoms with Crippen LogP contribution in [-0.4, -0.2) is 9.13 Å². The lowest BCUT2D eigenvalue weighted by Gasteiger charge is -2.13. The Hall–Kier alpha value is -5.08. The first-order valence-corrected chi connectivity index (χ1v) is 13.1. The van der Waals surface area contributed by atoms with Crippen molar-refractivity contribution in [3.63, 3.8) is 0 Å². The van der Waals surface area contributed by atoms with E-state index < -0.39 is 0 Å². The molecule has 0 atom stereocenters. The van der Waals surface area contributed by atoms with E-state index in [9.17, 15) is 0 Å². The van der Waals surface area contributed by atoms with Crippen LogP contribution >= 0.6 is 0 Å². The fourth-order valence-corrected chi connectivity index (χ4v) is 6.70. The standard InChI is InChI=1S/C36H22N2/c1-2-11-23(12-3-1)37-32-18-7-6-15-26(32)31-21-29-25-14-5-9-20-34(25)38-33-19-8-4-13-24(33)27-16-10-17-28(36(27)38)30(29)22-35(31)37/h1-22H. The third-order valence-corrected chi connectivity index (χ3v) is 8.25. The Morgan fingerprint density at radius 3 is 1.79 bits per heavy atom. The highest BCUT2D eigenvalue weighted by molar-refractivity contribution is 6.19. The number of para-hydroxylation sites is 5. The molecule has 0 spiro atoms. The van der Waals surface area contributed by atoms with E-state index in [0.717, 1.165) is 0 Å². The van der Waals surface area contributed by atoms with E-state index in [2.05, 4.69) is 143 Å². The van der Waals surface area contributed by atoms with E-state index >= 15 is 0 Å². The molecular formula is C36H22N2. The van der Waals surface area contributed by atoms with Crippen LogP contribution in [-0.2, 0) is 0 Å². The fourth-order valence-electron chi connectivity index (χ4n) is 6.70. The highest BCUT2D eigenvalue weighted by Gasteiger charge is 2.25. The average Bonchev–Trinajstić information content (AvgIpc) is 3.45. The highest BCUT2D eigenvalue weighted by Crippen LogP contribution is 2.48. The number of fused-ring (bicyclic) bond motifs is 11. The van der Waals surface area contributed by atoms with Gasteiger partial charge in [-0.05, 0) is 53.6 Å². The third kappa shape index (κ3) is 2.47. The van der Waals surface area contributed by atoms with Crippen molar-refractivity contribution in [2.45, 2.75) is 0 Å². The van der Waals surface area contributed by atoms with Crippen LogP contribution < -0.4 is 0 Å². The molecule has 0 N–H and O–H groups in total. The second kappa shape index (κ2) is 7.24. The van der Waals surface area contributed by atoms with Crippen molar-refractivity contribution in [2.24, 2.45) is 0 Å². The summed E-state index contributed by atoms with van der Waals surface area (Å²) >= 11 is 0. The van der Waals surface area contributed by atoms with E-state index in [4.69, 9.17) is 0 Å². The monoisotopic (exact) mass is 482 g/mol. The zero-order chi connectivity index (χ0) is 24.8. The molecule has 0 bridgehead atoms. The molecule has 38 heavy (non-hydrogen) atoms. The zero-order valence-electron chi connectivity index (χ0n) is 20.6.